The van der Waals surface area contributed by atoms with Gasteiger partial charge in [0.2, 0.25) is 5.62 Å². The van der Waals surface area contributed by atoms with Crippen LogP contribution in [0.4, 0.5) is 0 Å². The molecule has 152 valence electrons. The topological polar surface area (TPSA) is 96.2 Å². The van der Waals surface area contributed by atoms with E-state index in [4.69, 9.17) is 0 Å². The summed E-state index contributed by atoms with van der Waals surface area (Å²) in [5.41, 5.74) is 4.12. The Kier molecular flexibility index (Phi) is 5.05. The number of imidazole rings is 1. The van der Waals surface area contributed by atoms with Gasteiger partial charge < -0.3 is 14.7 Å². The number of para-hydroxylation sites is 2. The largest absolute Gasteiger partial charge is 0.389 e. The molecule has 0 aliphatic rings. The number of aliphatic hydroxyl groups is 1. The van der Waals surface area contributed by atoms with Gasteiger partial charge in [0.05, 0.1) is 28.9 Å². The molecule has 3 heterocycles. The lowest BCUT2D eigenvalue weighted by atomic mass is 10.1. The van der Waals surface area contributed by atoms with Gasteiger partial charge in [0.25, 0.3) is 5.91 Å². The number of aromatic nitrogens is 4. The van der Waals surface area contributed by atoms with Crippen molar-refractivity contribution in [3.8, 4) is 11.3 Å². The monoisotopic (exact) mass is 401 g/mol. The molecular formula is C23H23N5O2. The zero-order chi connectivity index (χ0) is 21.3. The van der Waals surface area contributed by atoms with Crippen LogP contribution in [0.2, 0.25) is 0 Å². The van der Waals surface area contributed by atoms with Crippen molar-refractivity contribution in [3.05, 3.63) is 77.8 Å². The Hall–Kier alpha value is -3.58. The van der Waals surface area contributed by atoms with Crippen LogP contribution in [0.5, 0.6) is 0 Å². The molecule has 30 heavy (non-hydrogen) atoms. The van der Waals surface area contributed by atoms with Gasteiger partial charge in [0, 0.05) is 29.7 Å². The van der Waals surface area contributed by atoms with Crippen molar-refractivity contribution >= 4 is 16.9 Å². The summed E-state index contributed by atoms with van der Waals surface area (Å²) in [5.74, 6) is -0.392. The van der Waals surface area contributed by atoms with Crippen molar-refractivity contribution in [2.75, 3.05) is 0 Å². The van der Waals surface area contributed by atoms with Gasteiger partial charge in [-0.05, 0) is 56.7 Å². The van der Waals surface area contributed by atoms with E-state index in [-0.39, 0.29) is 0 Å². The van der Waals surface area contributed by atoms with Crippen LogP contribution in [0.25, 0.3) is 22.3 Å². The highest BCUT2D eigenvalue weighted by Crippen LogP contribution is 2.21. The van der Waals surface area contributed by atoms with Gasteiger partial charge in [0.15, 0.2) is 0 Å². The highest BCUT2D eigenvalue weighted by molar-refractivity contribution is 5.95. The Morgan fingerprint density at radius 3 is 2.77 bits per heavy atom. The number of carbonyl (C=O) groups excluding carboxylic acids is 1. The molecule has 4 rings (SSSR count). The number of rotatable bonds is 4. The number of aromatic amines is 1. The fourth-order valence-corrected chi connectivity index (χ4v) is 3.36. The number of aryl methyl sites for hydroxylation is 1. The number of hydrogen-bond acceptors (Lipinski definition) is 4. The highest BCUT2D eigenvalue weighted by Gasteiger charge is 2.17. The number of nitrogens with one attached hydrogen (secondary N) is 1. The second kappa shape index (κ2) is 7.68. The predicted molar refractivity (Wildman–Crippen MR) is 115 cm³/mol. The zero-order valence-corrected chi connectivity index (χ0v) is 17.1. The summed E-state index contributed by atoms with van der Waals surface area (Å²) in [6.45, 7) is 5.71. The van der Waals surface area contributed by atoms with Crippen LogP contribution in [0.1, 0.15) is 29.8 Å². The maximum absolute atomic E-state index is 13.0. The summed E-state index contributed by atoms with van der Waals surface area (Å²) in [6.07, 6.45) is 5.05. The van der Waals surface area contributed by atoms with Crippen LogP contribution < -0.4 is 5.62 Å². The Bertz CT molecular complexity index is 1290. The molecule has 1 amide bonds. The van der Waals surface area contributed by atoms with E-state index in [2.05, 4.69) is 19.9 Å². The van der Waals surface area contributed by atoms with Gasteiger partial charge in [0.1, 0.15) is 0 Å². The second-order valence-corrected chi connectivity index (χ2v) is 7.90. The van der Waals surface area contributed by atoms with Crippen molar-refractivity contribution in [2.24, 2.45) is 4.99 Å². The Balaban J connectivity index is 1.79. The number of fused-ring (bicyclic) bond motifs is 1. The van der Waals surface area contributed by atoms with Crippen LogP contribution in [-0.4, -0.2) is 36.1 Å². The molecule has 0 saturated carbocycles. The van der Waals surface area contributed by atoms with Crippen LogP contribution >= 0.6 is 0 Å². The number of H-pyrrole nitrogens is 1. The number of nitrogens with zero attached hydrogens (tertiary/aromatic N) is 4. The lowest BCUT2D eigenvalue weighted by molar-refractivity contribution is 0.0612. The molecule has 7 nitrogen and oxygen atoms in total. The molecule has 2 N–H and O–H groups in total. The minimum absolute atomic E-state index is 0.291. The number of pyridine rings is 2. The van der Waals surface area contributed by atoms with Gasteiger partial charge in [-0.25, -0.2) is 0 Å². The third-order valence-corrected chi connectivity index (χ3v) is 4.77. The number of amides is 1. The van der Waals surface area contributed by atoms with Crippen molar-refractivity contribution in [3.63, 3.8) is 0 Å². The van der Waals surface area contributed by atoms with E-state index >= 15 is 0 Å². The summed E-state index contributed by atoms with van der Waals surface area (Å²) in [7, 11) is 0. The van der Waals surface area contributed by atoms with E-state index < -0.39 is 11.5 Å². The maximum atomic E-state index is 13.0. The van der Waals surface area contributed by atoms with Gasteiger partial charge in [-0.2, -0.15) is 4.99 Å². The first-order chi connectivity index (χ1) is 14.3. The van der Waals surface area contributed by atoms with Crippen molar-refractivity contribution < 1.29 is 9.90 Å². The first-order valence-electron chi connectivity index (χ1n) is 9.68. The summed E-state index contributed by atoms with van der Waals surface area (Å²) >= 11 is 0. The van der Waals surface area contributed by atoms with Crippen LogP contribution in [0.3, 0.4) is 0 Å². The van der Waals surface area contributed by atoms with Gasteiger partial charge >= 0.3 is 0 Å². The van der Waals surface area contributed by atoms with Crippen molar-refractivity contribution in [2.45, 2.75) is 32.9 Å². The maximum Gasteiger partial charge on any atom is 0.280 e. The van der Waals surface area contributed by atoms with Crippen molar-refractivity contribution in [1.82, 2.24) is 19.5 Å². The van der Waals surface area contributed by atoms with E-state index in [1.807, 2.05) is 41.8 Å². The molecule has 0 aliphatic heterocycles. The van der Waals surface area contributed by atoms with Crippen molar-refractivity contribution in [1.29, 1.82) is 0 Å². The minimum atomic E-state index is -0.968. The van der Waals surface area contributed by atoms with Crippen LogP contribution in [-0.2, 0) is 6.54 Å². The summed E-state index contributed by atoms with van der Waals surface area (Å²) in [5, 5.41) is 10.3. The molecular weight excluding hydrogens is 378 g/mol. The standard InChI is InChI=1S/C23H23N5O2/c1-15-8-10-24-13-17(15)19-12-16(9-11-25-19)21(29)27-22-26-18-6-4-5-7-20(18)28(22)14-23(2,3)30/h4-13,30H,14H2,1-3H3,(H,26,27,29). The molecule has 0 fully saturated rings. The second-order valence-electron chi connectivity index (χ2n) is 7.90. The first-order valence-corrected chi connectivity index (χ1v) is 9.68. The van der Waals surface area contributed by atoms with Gasteiger partial charge in [-0.1, -0.05) is 12.1 Å². The molecule has 0 aliphatic carbocycles. The molecule has 0 unspecified atom stereocenters. The zero-order valence-electron chi connectivity index (χ0n) is 17.1. The quantitative estimate of drug-likeness (QED) is 0.549. The van der Waals surface area contributed by atoms with Crippen LogP contribution in [0, 0.1) is 6.92 Å². The molecule has 0 bridgehead atoms. The molecule has 7 heteroatoms. The smallest absolute Gasteiger partial charge is 0.280 e. The van der Waals surface area contributed by atoms with E-state index in [0.29, 0.717) is 23.4 Å². The average Bonchev–Trinajstić information content (AvgIpc) is 3.04. The molecule has 3 aromatic heterocycles. The number of hydrogen-bond donors (Lipinski definition) is 2. The predicted octanol–water partition coefficient (Wildman–Crippen LogP) is 3.25. The van der Waals surface area contributed by atoms with E-state index in [1.165, 1.54) is 0 Å². The van der Waals surface area contributed by atoms with Gasteiger partial charge in [-0.3, -0.25) is 14.8 Å². The lowest BCUT2D eigenvalue weighted by Crippen LogP contribution is -2.32. The Morgan fingerprint density at radius 2 is 2.00 bits per heavy atom. The fourth-order valence-electron chi connectivity index (χ4n) is 3.36. The third-order valence-electron chi connectivity index (χ3n) is 4.77. The van der Waals surface area contributed by atoms with Crippen LogP contribution in [0.15, 0.2) is 66.0 Å². The van der Waals surface area contributed by atoms with E-state index in [1.54, 1.807) is 44.6 Å². The highest BCUT2D eigenvalue weighted by atomic mass is 16.3. The molecule has 4 aromatic rings. The molecule has 1 aromatic carbocycles. The fraction of sp³-hybridized carbons (Fsp3) is 0.217. The Labute approximate surface area is 173 Å². The number of carbonyl (C=O) groups is 1. The Morgan fingerprint density at radius 1 is 1.20 bits per heavy atom. The first kappa shape index (κ1) is 19.7. The summed E-state index contributed by atoms with van der Waals surface area (Å²) in [6, 6.07) is 12.9. The normalized spacial score (nSPS) is 12.5. The van der Waals surface area contributed by atoms with E-state index in [0.717, 1.165) is 22.2 Å². The van der Waals surface area contributed by atoms with E-state index in [9.17, 15) is 9.90 Å². The third kappa shape index (κ3) is 4.06. The SMILES string of the molecule is Cc1ccncc1-c1cc(C(=O)/N=c2\[nH]c3ccccc3n2CC(C)(C)O)ccn1. The van der Waals surface area contributed by atoms with Gasteiger partial charge in [-0.15, -0.1) is 0 Å². The molecule has 0 radical (unpaired) electrons. The average molecular weight is 401 g/mol. The lowest BCUT2D eigenvalue weighted by Gasteiger charge is -2.18. The summed E-state index contributed by atoms with van der Waals surface area (Å²) < 4.78 is 1.82. The summed E-state index contributed by atoms with van der Waals surface area (Å²) in [4.78, 5) is 29.0. The molecule has 0 saturated heterocycles. The minimum Gasteiger partial charge on any atom is -0.389 e. The number of benzene rings is 1. The molecule has 0 atom stereocenters. The molecule has 0 spiro atoms.